The Hall–Kier alpha value is -2.27. The summed E-state index contributed by atoms with van der Waals surface area (Å²) in [5, 5.41) is 7.61. The van der Waals surface area contributed by atoms with Crippen LogP contribution in [0.2, 0.25) is 5.02 Å². The Morgan fingerprint density at radius 1 is 1.32 bits per heavy atom. The van der Waals surface area contributed by atoms with Gasteiger partial charge in [-0.3, -0.25) is 5.41 Å². The number of aromatic nitrogens is 1. The van der Waals surface area contributed by atoms with Gasteiger partial charge in [0.25, 0.3) is 0 Å². The van der Waals surface area contributed by atoms with Crippen LogP contribution in [0.1, 0.15) is 5.56 Å². The van der Waals surface area contributed by atoms with Gasteiger partial charge in [0.1, 0.15) is 22.4 Å². The average molecular weight is 278 g/mol. The molecule has 1 heterocycles. The first kappa shape index (κ1) is 13.2. The second kappa shape index (κ2) is 5.58. The molecule has 0 aliphatic rings. The van der Waals surface area contributed by atoms with Gasteiger partial charge < -0.3 is 15.2 Å². The molecule has 19 heavy (non-hydrogen) atoms. The van der Waals surface area contributed by atoms with Gasteiger partial charge in [-0.15, -0.1) is 0 Å². The number of benzene rings is 1. The zero-order valence-electron chi connectivity index (χ0n) is 10.2. The van der Waals surface area contributed by atoms with Crippen LogP contribution in [0.15, 0.2) is 36.5 Å². The molecule has 0 saturated heterocycles. The minimum Gasteiger partial charge on any atom is -0.497 e. The number of rotatable bonds is 4. The molecule has 0 amide bonds. The number of amidine groups is 1. The van der Waals surface area contributed by atoms with E-state index >= 15 is 0 Å². The Labute approximate surface area is 115 Å². The molecule has 0 aliphatic heterocycles. The van der Waals surface area contributed by atoms with Gasteiger partial charge in [0.2, 0.25) is 5.88 Å². The fourth-order valence-corrected chi connectivity index (χ4v) is 1.73. The van der Waals surface area contributed by atoms with Crippen molar-refractivity contribution < 1.29 is 9.47 Å². The fraction of sp³-hybridized carbons (Fsp3) is 0.0769. The number of ether oxygens (including phenoxy) is 2. The lowest BCUT2D eigenvalue weighted by Crippen LogP contribution is -2.12. The first-order chi connectivity index (χ1) is 9.11. The number of nitrogen functional groups attached to an aromatic ring is 1. The molecule has 0 spiro atoms. The van der Waals surface area contributed by atoms with Crippen LogP contribution in [-0.2, 0) is 0 Å². The van der Waals surface area contributed by atoms with Crippen LogP contribution in [0.3, 0.4) is 0 Å². The Morgan fingerprint density at radius 3 is 2.74 bits per heavy atom. The molecule has 6 heteroatoms. The van der Waals surface area contributed by atoms with Crippen molar-refractivity contribution in [2.45, 2.75) is 0 Å². The summed E-state index contributed by atoms with van der Waals surface area (Å²) < 4.78 is 10.7. The summed E-state index contributed by atoms with van der Waals surface area (Å²) in [7, 11) is 1.57. The summed E-state index contributed by atoms with van der Waals surface area (Å²) >= 11 is 6.09. The summed E-state index contributed by atoms with van der Waals surface area (Å²) in [4.78, 5) is 4.02. The minimum absolute atomic E-state index is 0.136. The van der Waals surface area contributed by atoms with Crippen molar-refractivity contribution in [2.75, 3.05) is 7.11 Å². The van der Waals surface area contributed by atoms with Crippen molar-refractivity contribution in [1.29, 1.82) is 5.41 Å². The van der Waals surface area contributed by atoms with Crippen molar-refractivity contribution in [2.24, 2.45) is 5.73 Å². The number of hydrogen-bond acceptors (Lipinski definition) is 4. The summed E-state index contributed by atoms with van der Waals surface area (Å²) in [6.07, 6.45) is 1.48. The van der Waals surface area contributed by atoms with Crippen molar-refractivity contribution in [3.8, 4) is 17.4 Å². The van der Waals surface area contributed by atoms with Crippen LogP contribution < -0.4 is 15.2 Å². The van der Waals surface area contributed by atoms with Crippen LogP contribution in [0.4, 0.5) is 0 Å². The van der Waals surface area contributed by atoms with Gasteiger partial charge in [-0.2, -0.15) is 0 Å². The molecule has 0 bridgehead atoms. The van der Waals surface area contributed by atoms with Crippen molar-refractivity contribution >= 4 is 17.4 Å². The number of methoxy groups -OCH3 is 1. The predicted molar refractivity (Wildman–Crippen MR) is 73.3 cm³/mol. The van der Waals surface area contributed by atoms with E-state index in [9.17, 15) is 0 Å². The second-order valence-electron chi connectivity index (χ2n) is 3.67. The molecule has 5 nitrogen and oxygen atoms in total. The molecular formula is C13H12ClN3O2. The molecule has 0 aliphatic carbocycles. The number of hydrogen-bond donors (Lipinski definition) is 2. The van der Waals surface area contributed by atoms with E-state index < -0.39 is 0 Å². The van der Waals surface area contributed by atoms with Gasteiger partial charge in [0.05, 0.1) is 7.11 Å². The third kappa shape index (κ3) is 2.95. The smallest absolute Gasteiger partial charge is 0.238 e. The molecule has 0 fully saturated rings. The maximum Gasteiger partial charge on any atom is 0.238 e. The lowest BCUT2D eigenvalue weighted by Gasteiger charge is -2.09. The third-order valence-electron chi connectivity index (χ3n) is 2.40. The van der Waals surface area contributed by atoms with E-state index in [0.717, 1.165) is 0 Å². The normalized spacial score (nSPS) is 10.0. The lowest BCUT2D eigenvalue weighted by atomic mass is 10.2. The van der Waals surface area contributed by atoms with Crippen LogP contribution in [0, 0.1) is 5.41 Å². The van der Waals surface area contributed by atoms with Crippen molar-refractivity contribution in [1.82, 2.24) is 4.98 Å². The SMILES string of the molecule is COc1cccc(Oc2nccc(C(=N)N)c2Cl)c1. The molecule has 0 radical (unpaired) electrons. The number of nitrogens with one attached hydrogen (secondary N) is 1. The molecular weight excluding hydrogens is 266 g/mol. The number of nitrogens with two attached hydrogens (primary N) is 1. The highest BCUT2D eigenvalue weighted by Gasteiger charge is 2.11. The standard InChI is InChI=1S/C13H12ClN3O2/c1-18-8-3-2-4-9(7-8)19-13-11(14)10(12(15)16)5-6-17-13/h2-7H,1H3,(H3,15,16). The number of pyridine rings is 1. The molecule has 2 aromatic rings. The molecule has 0 unspecified atom stereocenters. The maximum absolute atomic E-state index is 7.41. The molecule has 98 valence electrons. The fourth-order valence-electron chi connectivity index (χ4n) is 1.48. The van der Waals surface area contributed by atoms with E-state index in [1.807, 2.05) is 0 Å². The lowest BCUT2D eigenvalue weighted by molar-refractivity contribution is 0.407. The van der Waals surface area contributed by atoms with Gasteiger partial charge in [0, 0.05) is 17.8 Å². The number of nitrogens with zero attached hydrogens (tertiary/aromatic N) is 1. The van der Waals surface area contributed by atoms with E-state index in [1.54, 1.807) is 37.4 Å². The van der Waals surface area contributed by atoms with Crippen LogP contribution in [0.5, 0.6) is 17.4 Å². The Balaban J connectivity index is 2.33. The van der Waals surface area contributed by atoms with E-state index in [1.165, 1.54) is 6.20 Å². The molecule has 2 rings (SSSR count). The van der Waals surface area contributed by atoms with Gasteiger partial charge in [-0.1, -0.05) is 17.7 Å². The summed E-state index contributed by atoms with van der Waals surface area (Å²) in [6.45, 7) is 0. The van der Waals surface area contributed by atoms with Crippen LogP contribution >= 0.6 is 11.6 Å². The van der Waals surface area contributed by atoms with Crippen molar-refractivity contribution in [3.63, 3.8) is 0 Å². The van der Waals surface area contributed by atoms with Crippen LogP contribution in [-0.4, -0.2) is 17.9 Å². The monoisotopic (exact) mass is 277 g/mol. The number of halogens is 1. The molecule has 1 aromatic heterocycles. The van der Waals surface area contributed by atoms with Gasteiger partial charge in [-0.25, -0.2) is 4.98 Å². The van der Waals surface area contributed by atoms with Gasteiger partial charge in [-0.05, 0) is 18.2 Å². The molecule has 3 N–H and O–H groups in total. The predicted octanol–water partition coefficient (Wildman–Crippen LogP) is 2.82. The highest BCUT2D eigenvalue weighted by molar-refractivity contribution is 6.35. The first-order valence-corrected chi connectivity index (χ1v) is 5.80. The van der Waals surface area contributed by atoms with Crippen LogP contribution in [0.25, 0.3) is 0 Å². The maximum atomic E-state index is 7.41. The first-order valence-electron chi connectivity index (χ1n) is 5.42. The summed E-state index contributed by atoms with van der Waals surface area (Å²) in [5.74, 6) is 1.26. The average Bonchev–Trinajstić information content (AvgIpc) is 2.41. The molecule has 1 aromatic carbocycles. The molecule has 0 saturated carbocycles. The van der Waals surface area contributed by atoms with Gasteiger partial charge in [0.15, 0.2) is 0 Å². The Kier molecular flexibility index (Phi) is 3.87. The van der Waals surface area contributed by atoms with E-state index in [-0.39, 0.29) is 16.7 Å². The van der Waals surface area contributed by atoms with E-state index in [4.69, 9.17) is 32.2 Å². The highest BCUT2D eigenvalue weighted by Crippen LogP contribution is 2.30. The Bertz CT molecular complexity index is 617. The largest absolute Gasteiger partial charge is 0.497 e. The van der Waals surface area contributed by atoms with E-state index in [2.05, 4.69) is 4.98 Å². The second-order valence-corrected chi connectivity index (χ2v) is 4.05. The zero-order chi connectivity index (χ0) is 13.8. The summed E-state index contributed by atoms with van der Waals surface area (Å²) in [5.41, 5.74) is 5.80. The quantitative estimate of drug-likeness (QED) is 0.665. The van der Waals surface area contributed by atoms with Crippen molar-refractivity contribution in [3.05, 3.63) is 47.1 Å². The zero-order valence-corrected chi connectivity index (χ0v) is 10.9. The summed E-state index contributed by atoms with van der Waals surface area (Å²) in [6, 6.07) is 8.60. The highest BCUT2D eigenvalue weighted by atomic mass is 35.5. The Morgan fingerprint density at radius 2 is 2.05 bits per heavy atom. The van der Waals surface area contributed by atoms with E-state index in [0.29, 0.717) is 17.1 Å². The third-order valence-corrected chi connectivity index (χ3v) is 2.77. The minimum atomic E-state index is -0.136. The van der Waals surface area contributed by atoms with Gasteiger partial charge >= 0.3 is 0 Å². The molecule has 0 atom stereocenters. The topological polar surface area (TPSA) is 81.2 Å².